The topological polar surface area (TPSA) is 110 Å². The predicted molar refractivity (Wildman–Crippen MR) is 136 cm³/mol. The van der Waals surface area contributed by atoms with Crippen molar-refractivity contribution in [1.82, 2.24) is 20.2 Å². The van der Waals surface area contributed by atoms with Gasteiger partial charge < -0.3 is 10.6 Å². The smallest absolute Gasteiger partial charge is 0.230 e. The largest absolute Gasteiger partial charge is 0.310 e. The van der Waals surface area contributed by atoms with Crippen LogP contribution in [0.3, 0.4) is 0 Å². The van der Waals surface area contributed by atoms with Crippen LogP contribution in [0.5, 0.6) is 0 Å². The molecule has 0 radical (unpaired) electrons. The molecule has 0 bridgehead atoms. The van der Waals surface area contributed by atoms with Crippen molar-refractivity contribution in [2.24, 2.45) is 0 Å². The SMILES string of the molecule is O=C(Cc1cccnc1)Nc1ccc(CCCCc2nnc(NC(=O)Cc3ccccc3F)s2)cn1. The standard InChI is InChI=1S/C26H25FN6O2S/c27-21-9-3-2-8-20(21)15-24(35)31-26-33-32-25(36-26)10-4-1-6-18-11-12-22(29-17-18)30-23(34)14-19-7-5-13-28-16-19/h2-3,5,7-9,11-13,16-17H,1,4,6,10,14-15H2,(H,29,30,34)(H,31,33,35). The second-order valence-electron chi connectivity index (χ2n) is 8.16. The minimum Gasteiger partial charge on any atom is -0.310 e. The van der Waals surface area contributed by atoms with Crippen molar-refractivity contribution < 1.29 is 14.0 Å². The van der Waals surface area contributed by atoms with Gasteiger partial charge in [0, 0.05) is 25.0 Å². The number of halogens is 1. The summed E-state index contributed by atoms with van der Waals surface area (Å²) in [6, 6.07) is 13.6. The predicted octanol–water partition coefficient (Wildman–Crippen LogP) is 4.40. The molecule has 2 amide bonds. The summed E-state index contributed by atoms with van der Waals surface area (Å²) in [6.07, 6.45) is 8.74. The summed E-state index contributed by atoms with van der Waals surface area (Å²) in [5, 5.41) is 14.9. The van der Waals surface area contributed by atoms with E-state index in [2.05, 4.69) is 30.8 Å². The number of pyridine rings is 2. The number of aryl methyl sites for hydroxylation is 2. The molecule has 0 aliphatic heterocycles. The lowest BCUT2D eigenvalue weighted by molar-refractivity contribution is -0.116. The fraction of sp³-hybridized carbons (Fsp3) is 0.231. The van der Waals surface area contributed by atoms with E-state index in [1.54, 1.807) is 48.9 Å². The van der Waals surface area contributed by atoms with Gasteiger partial charge in [-0.2, -0.15) is 0 Å². The van der Waals surface area contributed by atoms with Crippen LogP contribution < -0.4 is 10.6 Å². The van der Waals surface area contributed by atoms with E-state index in [-0.39, 0.29) is 24.7 Å². The number of benzene rings is 1. The third-order valence-electron chi connectivity index (χ3n) is 5.31. The van der Waals surface area contributed by atoms with Gasteiger partial charge in [-0.25, -0.2) is 9.37 Å². The van der Waals surface area contributed by atoms with Crippen molar-refractivity contribution in [1.29, 1.82) is 0 Å². The molecule has 0 saturated carbocycles. The maximum absolute atomic E-state index is 13.7. The molecule has 3 aromatic heterocycles. The Morgan fingerprint density at radius 1 is 0.833 bits per heavy atom. The molecule has 0 aliphatic rings. The lowest BCUT2D eigenvalue weighted by Gasteiger charge is -2.06. The number of hydrogen-bond donors (Lipinski definition) is 2. The Morgan fingerprint density at radius 3 is 2.44 bits per heavy atom. The molecule has 0 spiro atoms. The number of nitrogens with zero attached hydrogens (tertiary/aromatic N) is 4. The first-order valence-electron chi connectivity index (χ1n) is 11.5. The number of rotatable bonds is 11. The van der Waals surface area contributed by atoms with E-state index in [1.807, 2.05) is 12.1 Å². The Morgan fingerprint density at radius 2 is 1.67 bits per heavy atom. The number of aromatic nitrogens is 4. The summed E-state index contributed by atoms with van der Waals surface area (Å²) in [5.74, 6) is -0.345. The highest BCUT2D eigenvalue weighted by atomic mass is 32.1. The fourth-order valence-electron chi connectivity index (χ4n) is 3.51. The number of nitrogens with one attached hydrogen (secondary N) is 2. The van der Waals surface area contributed by atoms with E-state index in [9.17, 15) is 14.0 Å². The van der Waals surface area contributed by atoms with Crippen molar-refractivity contribution in [2.45, 2.75) is 38.5 Å². The second kappa shape index (κ2) is 12.6. The Hall–Kier alpha value is -4.05. The van der Waals surface area contributed by atoms with Crippen molar-refractivity contribution in [2.75, 3.05) is 10.6 Å². The molecule has 3 heterocycles. The highest BCUT2D eigenvalue weighted by Gasteiger charge is 2.11. The molecule has 0 fully saturated rings. The number of hydrogen-bond acceptors (Lipinski definition) is 7. The Balaban J connectivity index is 1.15. The zero-order valence-corrected chi connectivity index (χ0v) is 20.3. The normalized spacial score (nSPS) is 10.7. The summed E-state index contributed by atoms with van der Waals surface area (Å²) in [4.78, 5) is 32.6. The molecule has 2 N–H and O–H groups in total. The second-order valence-corrected chi connectivity index (χ2v) is 9.22. The van der Waals surface area contributed by atoms with Crippen LogP contribution in [-0.2, 0) is 35.3 Å². The first kappa shape index (κ1) is 25.1. The molecule has 184 valence electrons. The van der Waals surface area contributed by atoms with Gasteiger partial charge in [0.25, 0.3) is 0 Å². The summed E-state index contributed by atoms with van der Waals surface area (Å²) in [6.45, 7) is 0. The van der Waals surface area contributed by atoms with Gasteiger partial charge in [0.2, 0.25) is 16.9 Å². The Kier molecular flexibility index (Phi) is 8.77. The van der Waals surface area contributed by atoms with Crippen LogP contribution in [0.1, 0.15) is 34.5 Å². The monoisotopic (exact) mass is 504 g/mol. The maximum Gasteiger partial charge on any atom is 0.230 e. The molecule has 36 heavy (non-hydrogen) atoms. The van der Waals surface area contributed by atoms with Gasteiger partial charge in [0.05, 0.1) is 12.8 Å². The molecule has 4 aromatic rings. The van der Waals surface area contributed by atoms with Crippen LogP contribution in [0, 0.1) is 5.82 Å². The van der Waals surface area contributed by atoms with E-state index in [0.717, 1.165) is 41.8 Å². The van der Waals surface area contributed by atoms with Crippen LogP contribution in [0.15, 0.2) is 67.1 Å². The highest BCUT2D eigenvalue weighted by Crippen LogP contribution is 2.19. The van der Waals surface area contributed by atoms with E-state index >= 15 is 0 Å². The third-order valence-corrected chi connectivity index (χ3v) is 6.21. The quantitative estimate of drug-likeness (QED) is 0.293. The Labute approximate surface area is 212 Å². The maximum atomic E-state index is 13.7. The summed E-state index contributed by atoms with van der Waals surface area (Å²) >= 11 is 1.33. The first-order chi connectivity index (χ1) is 17.5. The number of unbranched alkanes of at least 4 members (excludes halogenated alkanes) is 1. The van der Waals surface area contributed by atoms with Gasteiger partial charge in [-0.05, 0) is 54.2 Å². The molecule has 0 saturated heterocycles. The van der Waals surface area contributed by atoms with E-state index in [1.165, 1.54) is 17.4 Å². The van der Waals surface area contributed by atoms with E-state index in [0.29, 0.717) is 16.5 Å². The van der Waals surface area contributed by atoms with Crippen LogP contribution in [-0.4, -0.2) is 32.0 Å². The number of carbonyl (C=O) groups excluding carboxylic acids is 2. The molecular weight excluding hydrogens is 479 g/mol. The summed E-state index contributed by atoms with van der Waals surface area (Å²) in [5.41, 5.74) is 2.27. The lowest BCUT2D eigenvalue weighted by Crippen LogP contribution is -2.15. The summed E-state index contributed by atoms with van der Waals surface area (Å²) < 4.78 is 13.7. The van der Waals surface area contributed by atoms with Gasteiger partial charge in [0.1, 0.15) is 16.6 Å². The average Bonchev–Trinajstić information content (AvgIpc) is 3.32. The number of anilines is 2. The van der Waals surface area contributed by atoms with E-state index < -0.39 is 5.82 Å². The van der Waals surface area contributed by atoms with Gasteiger partial charge in [-0.1, -0.05) is 41.7 Å². The molecule has 10 heteroatoms. The van der Waals surface area contributed by atoms with Crippen molar-refractivity contribution >= 4 is 34.1 Å². The molecule has 8 nitrogen and oxygen atoms in total. The van der Waals surface area contributed by atoms with Gasteiger partial charge in [-0.3, -0.25) is 14.6 Å². The zero-order chi connectivity index (χ0) is 25.2. The summed E-state index contributed by atoms with van der Waals surface area (Å²) in [7, 11) is 0. The van der Waals surface area contributed by atoms with Crippen LogP contribution in [0.25, 0.3) is 0 Å². The number of amides is 2. The van der Waals surface area contributed by atoms with Crippen LogP contribution in [0.2, 0.25) is 0 Å². The van der Waals surface area contributed by atoms with Crippen LogP contribution in [0.4, 0.5) is 15.3 Å². The van der Waals surface area contributed by atoms with Crippen molar-refractivity contribution in [3.8, 4) is 0 Å². The van der Waals surface area contributed by atoms with Gasteiger partial charge in [0.15, 0.2) is 0 Å². The molecule has 0 atom stereocenters. The zero-order valence-electron chi connectivity index (χ0n) is 19.5. The van der Waals surface area contributed by atoms with Crippen LogP contribution >= 0.6 is 11.3 Å². The minimum absolute atomic E-state index is 0.0530. The average molecular weight is 505 g/mol. The van der Waals surface area contributed by atoms with Gasteiger partial charge in [-0.15, -0.1) is 10.2 Å². The highest BCUT2D eigenvalue weighted by molar-refractivity contribution is 7.15. The third kappa shape index (κ3) is 7.74. The number of carbonyl (C=O) groups is 2. The molecule has 0 aliphatic carbocycles. The van der Waals surface area contributed by atoms with Crippen molar-refractivity contribution in [3.63, 3.8) is 0 Å². The van der Waals surface area contributed by atoms with Gasteiger partial charge >= 0.3 is 0 Å². The molecule has 4 rings (SSSR count). The molecule has 1 aromatic carbocycles. The lowest BCUT2D eigenvalue weighted by atomic mass is 10.1. The van der Waals surface area contributed by atoms with Crippen molar-refractivity contribution in [3.05, 3.63) is 94.6 Å². The Bertz CT molecular complexity index is 1300. The molecule has 0 unspecified atom stereocenters. The van der Waals surface area contributed by atoms with E-state index in [4.69, 9.17) is 0 Å². The fourth-order valence-corrected chi connectivity index (χ4v) is 4.31. The molecular formula is C26H25FN6O2S. The minimum atomic E-state index is -0.402. The first-order valence-corrected chi connectivity index (χ1v) is 12.4.